The second kappa shape index (κ2) is 8.46. The Bertz CT molecular complexity index is 770. The number of rotatable bonds is 5. The van der Waals surface area contributed by atoms with Crippen molar-refractivity contribution in [1.82, 2.24) is 10.9 Å². The van der Waals surface area contributed by atoms with Gasteiger partial charge < -0.3 is 14.2 Å². The quantitative estimate of drug-likeness (QED) is 0.802. The lowest BCUT2D eigenvalue weighted by Crippen LogP contribution is -2.41. The molecule has 0 bridgehead atoms. The molecule has 1 heterocycles. The van der Waals surface area contributed by atoms with Crippen LogP contribution in [0.5, 0.6) is 5.75 Å². The maximum Gasteiger partial charge on any atom is 0.269 e. The van der Waals surface area contributed by atoms with Crippen LogP contribution in [0, 0.1) is 0 Å². The topological polar surface area (TPSA) is 85.9 Å². The van der Waals surface area contributed by atoms with Gasteiger partial charge in [-0.2, -0.15) is 0 Å². The number of ether oxygens (including phenoxy) is 3. The van der Waals surface area contributed by atoms with Crippen molar-refractivity contribution < 1.29 is 23.8 Å². The predicted octanol–water partition coefficient (Wildman–Crippen LogP) is 2.21. The monoisotopic (exact) mass is 356 g/mol. The van der Waals surface area contributed by atoms with Gasteiger partial charge in [0.15, 0.2) is 6.29 Å². The van der Waals surface area contributed by atoms with Crippen LogP contribution in [0.3, 0.4) is 0 Å². The molecule has 0 radical (unpaired) electrons. The number of amides is 2. The Morgan fingerprint density at radius 3 is 2.31 bits per heavy atom. The molecule has 136 valence electrons. The molecule has 1 aliphatic rings. The molecule has 0 atom stereocenters. The average molecular weight is 356 g/mol. The molecular formula is C19H20N2O5. The molecule has 0 saturated carbocycles. The van der Waals surface area contributed by atoms with Gasteiger partial charge in [0.2, 0.25) is 0 Å². The first kappa shape index (κ1) is 17.9. The van der Waals surface area contributed by atoms with Gasteiger partial charge >= 0.3 is 0 Å². The van der Waals surface area contributed by atoms with E-state index in [1.165, 1.54) is 0 Å². The van der Waals surface area contributed by atoms with Crippen molar-refractivity contribution >= 4 is 11.8 Å². The smallest absolute Gasteiger partial charge is 0.269 e. The summed E-state index contributed by atoms with van der Waals surface area (Å²) in [5, 5.41) is 0. The van der Waals surface area contributed by atoms with Gasteiger partial charge in [-0.05, 0) is 43.3 Å². The van der Waals surface area contributed by atoms with Crippen LogP contribution in [-0.4, -0.2) is 31.6 Å². The molecule has 1 fully saturated rings. The van der Waals surface area contributed by atoms with Gasteiger partial charge in [0.1, 0.15) is 5.75 Å². The summed E-state index contributed by atoms with van der Waals surface area (Å²) in [4.78, 5) is 24.4. The largest absolute Gasteiger partial charge is 0.494 e. The molecule has 2 amide bonds. The van der Waals surface area contributed by atoms with E-state index in [-0.39, 0.29) is 0 Å². The summed E-state index contributed by atoms with van der Waals surface area (Å²) < 4.78 is 16.2. The van der Waals surface area contributed by atoms with E-state index in [1.807, 2.05) is 13.0 Å². The Labute approximate surface area is 151 Å². The van der Waals surface area contributed by atoms with Crippen LogP contribution in [0.1, 0.15) is 39.5 Å². The maximum absolute atomic E-state index is 12.3. The number of carbonyl (C=O) groups is 2. The Morgan fingerprint density at radius 2 is 1.65 bits per heavy atom. The Morgan fingerprint density at radius 1 is 1.00 bits per heavy atom. The van der Waals surface area contributed by atoms with Gasteiger partial charge in [0.05, 0.1) is 19.8 Å². The molecular weight excluding hydrogens is 336 g/mol. The molecule has 1 saturated heterocycles. The summed E-state index contributed by atoms with van der Waals surface area (Å²) in [5.74, 6) is -0.162. The minimum Gasteiger partial charge on any atom is -0.494 e. The van der Waals surface area contributed by atoms with E-state index >= 15 is 0 Å². The Hall–Kier alpha value is -2.90. The number of hydrogen-bond donors (Lipinski definition) is 2. The van der Waals surface area contributed by atoms with Crippen molar-refractivity contribution in [1.29, 1.82) is 0 Å². The van der Waals surface area contributed by atoms with Crippen molar-refractivity contribution in [2.24, 2.45) is 0 Å². The van der Waals surface area contributed by atoms with E-state index in [0.29, 0.717) is 36.7 Å². The van der Waals surface area contributed by atoms with E-state index in [2.05, 4.69) is 10.9 Å². The summed E-state index contributed by atoms with van der Waals surface area (Å²) in [6.07, 6.45) is -0.457. The maximum atomic E-state index is 12.3. The average Bonchev–Trinajstić information content (AvgIpc) is 3.22. The van der Waals surface area contributed by atoms with Gasteiger partial charge in [-0.25, -0.2) is 0 Å². The highest BCUT2D eigenvalue weighted by Crippen LogP contribution is 2.23. The number of nitrogens with one attached hydrogen (secondary N) is 2. The lowest BCUT2D eigenvalue weighted by atomic mass is 10.1. The standard InChI is InChI=1S/C19H20N2O5/c1-2-24-16-8-6-13(7-9-16)17(22)20-21-18(23)14-4-3-5-15(12-14)19-25-10-11-26-19/h3-9,12,19H,2,10-11H2,1H3,(H,20,22)(H,21,23). The van der Waals surface area contributed by atoms with E-state index < -0.39 is 18.1 Å². The second-order valence-electron chi connectivity index (χ2n) is 5.56. The summed E-state index contributed by atoms with van der Waals surface area (Å²) in [6, 6.07) is 13.5. The zero-order chi connectivity index (χ0) is 18.4. The third-order valence-electron chi connectivity index (χ3n) is 3.76. The third kappa shape index (κ3) is 4.38. The zero-order valence-electron chi connectivity index (χ0n) is 14.4. The third-order valence-corrected chi connectivity index (χ3v) is 3.76. The van der Waals surface area contributed by atoms with Crippen molar-refractivity contribution in [3.63, 3.8) is 0 Å². The number of benzene rings is 2. The van der Waals surface area contributed by atoms with Gasteiger partial charge in [-0.15, -0.1) is 0 Å². The first-order chi connectivity index (χ1) is 12.7. The van der Waals surface area contributed by atoms with Crippen LogP contribution in [0.2, 0.25) is 0 Å². The van der Waals surface area contributed by atoms with Crippen molar-refractivity contribution in [3.05, 3.63) is 65.2 Å². The Kier molecular flexibility index (Phi) is 5.83. The van der Waals surface area contributed by atoms with Crippen LogP contribution < -0.4 is 15.6 Å². The van der Waals surface area contributed by atoms with E-state index in [9.17, 15) is 9.59 Å². The lowest BCUT2D eigenvalue weighted by Gasteiger charge is -2.11. The molecule has 0 unspecified atom stereocenters. The molecule has 1 aliphatic heterocycles. The minimum atomic E-state index is -0.457. The molecule has 0 aromatic heterocycles. The van der Waals surface area contributed by atoms with Gasteiger partial charge in [-0.3, -0.25) is 20.4 Å². The van der Waals surface area contributed by atoms with Crippen LogP contribution in [0.25, 0.3) is 0 Å². The number of hydrazine groups is 1. The highest BCUT2D eigenvalue weighted by Gasteiger charge is 2.19. The first-order valence-electron chi connectivity index (χ1n) is 8.34. The first-order valence-corrected chi connectivity index (χ1v) is 8.34. The molecule has 7 nitrogen and oxygen atoms in total. The van der Waals surface area contributed by atoms with E-state index in [0.717, 1.165) is 5.56 Å². The summed E-state index contributed by atoms with van der Waals surface area (Å²) in [6.45, 7) is 3.49. The van der Waals surface area contributed by atoms with Crippen LogP contribution in [-0.2, 0) is 9.47 Å². The SMILES string of the molecule is CCOc1ccc(C(=O)NNC(=O)c2cccc(C3OCCO3)c2)cc1. The molecule has 2 aromatic carbocycles. The highest BCUT2D eigenvalue weighted by molar-refractivity contribution is 5.99. The number of hydrogen-bond acceptors (Lipinski definition) is 5. The van der Waals surface area contributed by atoms with Crippen molar-refractivity contribution in [2.75, 3.05) is 19.8 Å². The molecule has 7 heteroatoms. The van der Waals surface area contributed by atoms with E-state index in [1.54, 1.807) is 42.5 Å². The molecule has 2 N–H and O–H groups in total. The highest BCUT2D eigenvalue weighted by atomic mass is 16.7. The van der Waals surface area contributed by atoms with Gasteiger partial charge in [0.25, 0.3) is 11.8 Å². The van der Waals surface area contributed by atoms with Crippen molar-refractivity contribution in [2.45, 2.75) is 13.2 Å². The lowest BCUT2D eigenvalue weighted by molar-refractivity contribution is -0.0441. The van der Waals surface area contributed by atoms with Crippen LogP contribution in [0.4, 0.5) is 0 Å². The summed E-state index contributed by atoms with van der Waals surface area (Å²) in [5.41, 5.74) is 6.37. The van der Waals surface area contributed by atoms with Gasteiger partial charge in [-0.1, -0.05) is 12.1 Å². The normalized spacial score (nSPS) is 14.0. The summed E-state index contributed by atoms with van der Waals surface area (Å²) in [7, 11) is 0. The predicted molar refractivity (Wildman–Crippen MR) is 93.6 cm³/mol. The molecule has 2 aromatic rings. The molecule has 3 rings (SSSR count). The van der Waals surface area contributed by atoms with Gasteiger partial charge in [0, 0.05) is 16.7 Å². The number of carbonyl (C=O) groups excluding carboxylic acids is 2. The zero-order valence-corrected chi connectivity index (χ0v) is 14.4. The fourth-order valence-corrected chi connectivity index (χ4v) is 2.50. The molecule has 0 spiro atoms. The van der Waals surface area contributed by atoms with Crippen LogP contribution >= 0.6 is 0 Å². The van der Waals surface area contributed by atoms with E-state index in [4.69, 9.17) is 14.2 Å². The fraction of sp³-hybridized carbons (Fsp3) is 0.263. The molecule has 26 heavy (non-hydrogen) atoms. The summed E-state index contributed by atoms with van der Waals surface area (Å²) >= 11 is 0. The fourth-order valence-electron chi connectivity index (χ4n) is 2.50. The molecule has 0 aliphatic carbocycles. The van der Waals surface area contributed by atoms with Crippen LogP contribution in [0.15, 0.2) is 48.5 Å². The Balaban J connectivity index is 1.58. The second-order valence-corrected chi connectivity index (χ2v) is 5.56. The van der Waals surface area contributed by atoms with Crippen molar-refractivity contribution in [3.8, 4) is 5.75 Å². The minimum absolute atomic E-state index is 0.397.